The molecule has 3 heteroatoms. The Balaban J connectivity index is 2.06. The van der Waals surface area contributed by atoms with E-state index in [0.29, 0.717) is 11.8 Å². The Hall–Kier alpha value is -1.51. The van der Waals surface area contributed by atoms with Gasteiger partial charge in [-0.1, -0.05) is 19.9 Å². The lowest BCUT2D eigenvalue weighted by molar-refractivity contribution is -0.138. The molecule has 0 heterocycles. The molecule has 0 aromatic heterocycles. The number of aliphatic carboxylic acids is 1. The molecule has 1 fully saturated rings. The second-order valence-electron chi connectivity index (χ2n) is 5.50. The van der Waals surface area contributed by atoms with Gasteiger partial charge >= 0.3 is 5.97 Å². The topological polar surface area (TPSA) is 46.5 Å². The molecule has 104 valence electrons. The molecule has 0 aliphatic heterocycles. The van der Waals surface area contributed by atoms with E-state index in [1.54, 1.807) is 7.11 Å². The molecule has 1 aliphatic rings. The first kappa shape index (κ1) is 13.9. The van der Waals surface area contributed by atoms with Gasteiger partial charge in [0.05, 0.1) is 13.0 Å². The van der Waals surface area contributed by atoms with Crippen molar-refractivity contribution in [2.75, 3.05) is 7.11 Å². The number of aryl methyl sites for hydroxylation is 1. The van der Waals surface area contributed by atoms with Gasteiger partial charge in [0.2, 0.25) is 0 Å². The molecule has 1 saturated carbocycles. The van der Waals surface area contributed by atoms with Crippen LogP contribution in [0.1, 0.15) is 43.7 Å². The highest BCUT2D eigenvalue weighted by Crippen LogP contribution is 2.45. The van der Waals surface area contributed by atoms with Crippen LogP contribution in [0.5, 0.6) is 5.75 Å². The van der Waals surface area contributed by atoms with Gasteiger partial charge in [-0.3, -0.25) is 4.79 Å². The predicted octanol–water partition coefficient (Wildman–Crippen LogP) is 3.47. The molecule has 3 atom stereocenters. The average molecular weight is 262 g/mol. The monoisotopic (exact) mass is 262 g/mol. The first-order valence-electron chi connectivity index (χ1n) is 6.96. The quantitative estimate of drug-likeness (QED) is 0.853. The predicted molar refractivity (Wildman–Crippen MR) is 74.6 cm³/mol. The molecule has 0 amide bonds. The van der Waals surface area contributed by atoms with Crippen LogP contribution in [0.2, 0.25) is 0 Å². The van der Waals surface area contributed by atoms with Gasteiger partial charge in [0.1, 0.15) is 5.75 Å². The summed E-state index contributed by atoms with van der Waals surface area (Å²) in [4.78, 5) is 10.9. The van der Waals surface area contributed by atoms with Crippen molar-refractivity contribution in [3.63, 3.8) is 0 Å². The summed E-state index contributed by atoms with van der Waals surface area (Å²) < 4.78 is 5.26. The van der Waals surface area contributed by atoms with E-state index in [1.807, 2.05) is 6.07 Å². The second-order valence-corrected chi connectivity index (χ2v) is 5.50. The van der Waals surface area contributed by atoms with Crippen molar-refractivity contribution in [2.45, 2.75) is 39.0 Å². The van der Waals surface area contributed by atoms with Crippen molar-refractivity contribution in [3.8, 4) is 5.75 Å². The van der Waals surface area contributed by atoms with Crippen LogP contribution in [-0.2, 0) is 11.2 Å². The van der Waals surface area contributed by atoms with Crippen molar-refractivity contribution in [1.82, 2.24) is 0 Å². The maximum atomic E-state index is 10.9. The number of carbonyl (C=O) groups is 1. The van der Waals surface area contributed by atoms with E-state index in [0.717, 1.165) is 25.0 Å². The molecule has 1 N–H and O–H groups in total. The van der Waals surface area contributed by atoms with Gasteiger partial charge in [0, 0.05) is 0 Å². The van der Waals surface area contributed by atoms with Crippen LogP contribution in [0, 0.1) is 11.8 Å². The van der Waals surface area contributed by atoms with Gasteiger partial charge in [-0.2, -0.15) is 0 Å². The largest absolute Gasteiger partial charge is 0.497 e. The fourth-order valence-corrected chi connectivity index (χ4v) is 2.89. The number of carboxylic acids is 1. The highest BCUT2D eigenvalue weighted by molar-refractivity contribution is 5.73. The zero-order valence-electron chi connectivity index (χ0n) is 11.8. The number of methoxy groups -OCH3 is 1. The van der Waals surface area contributed by atoms with Crippen molar-refractivity contribution in [1.29, 1.82) is 0 Å². The molecule has 3 unspecified atom stereocenters. The lowest BCUT2D eigenvalue weighted by Crippen LogP contribution is -2.04. The Morgan fingerprint density at radius 1 is 1.53 bits per heavy atom. The number of ether oxygens (including phenoxy) is 1. The third-order valence-electron chi connectivity index (χ3n) is 4.16. The summed E-state index contributed by atoms with van der Waals surface area (Å²) in [6.07, 6.45) is 2.79. The van der Waals surface area contributed by atoms with E-state index in [1.165, 1.54) is 11.1 Å². The minimum absolute atomic E-state index is 0.106. The molecule has 1 aromatic rings. The van der Waals surface area contributed by atoms with Gasteiger partial charge in [-0.15, -0.1) is 0 Å². The molecule has 1 aliphatic carbocycles. The molecule has 0 bridgehead atoms. The van der Waals surface area contributed by atoms with Crippen LogP contribution in [-0.4, -0.2) is 18.2 Å². The number of benzene rings is 1. The maximum Gasteiger partial charge on any atom is 0.306 e. The molecule has 1 aromatic carbocycles. The summed E-state index contributed by atoms with van der Waals surface area (Å²) in [5, 5.41) is 8.96. The summed E-state index contributed by atoms with van der Waals surface area (Å²) in [6, 6.07) is 6.21. The Labute approximate surface area is 114 Å². The fourth-order valence-electron chi connectivity index (χ4n) is 2.89. The smallest absolute Gasteiger partial charge is 0.306 e. The lowest BCUT2D eigenvalue weighted by Gasteiger charge is -2.16. The van der Waals surface area contributed by atoms with Crippen LogP contribution in [0.15, 0.2) is 18.2 Å². The number of carboxylic acid groups (broad SMARTS) is 1. The summed E-state index contributed by atoms with van der Waals surface area (Å²) in [7, 11) is 1.68. The van der Waals surface area contributed by atoms with E-state index in [4.69, 9.17) is 9.84 Å². The summed E-state index contributed by atoms with van der Waals surface area (Å²) in [5.74, 6) is 0.922. The molecule has 19 heavy (non-hydrogen) atoms. The minimum atomic E-state index is -0.636. The van der Waals surface area contributed by atoms with Crippen molar-refractivity contribution in [2.24, 2.45) is 11.8 Å². The van der Waals surface area contributed by atoms with E-state index in [-0.39, 0.29) is 5.92 Å². The minimum Gasteiger partial charge on any atom is -0.497 e. The van der Waals surface area contributed by atoms with E-state index in [9.17, 15) is 4.79 Å². The Bertz CT molecular complexity index is 467. The molecular weight excluding hydrogens is 240 g/mol. The molecule has 0 spiro atoms. The number of hydrogen-bond donors (Lipinski definition) is 1. The van der Waals surface area contributed by atoms with Crippen LogP contribution >= 0.6 is 0 Å². The highest BCUT2D eigenvalue weighted by Gasteiger charge is 2.43. The Kier molecular flexibility index (Phi) is 4.13. The average Bonchev–Trinajstić information content (AvgIpc) is 3.17. The molecule has 0 radical (unpaired) electrons. The molecule has 2 rings (SSSR count). The molecule has 3 nitrogen and oxygen atoms in total. The second kappa shape index (κ2) is 5.64. The van der Waals surface area contributed by atoms with Crippen molar-refractivity contribution in [3.05, 3.63) is 29.3 Å². The van der Waals surface area contributed by atoms with Gasteiger partial charge in [0.15, 0.2) is 0 Å². The first-order valence-corrected chi connectivity index (χ1v) is 6.96. The van der Waals surface area contributed by atoms with Crippen LogP contribution < -0.4 is 4.74 Å². The third kappa shape index (κ3) is 3.09. The SMILES string of the molecule is CCc1cc(OC)ccc1C(C)CC1CC1C(=O)O. The van der Waals surface area contributed by atoms with Gasteiger partial charge in [0.25, 0.3) is 0 Å². The lowest BCUT2D eigenvalue weighted by atomic mass is 9.90. The number of hydrogen-bond acceptors (Lipinski definition) is 2. The van der Waals surface area contributed by atoms with Crippen LogP contribution in [0.4, 0.5) is 0 Å². The molecule has 0 saturated heterocycles. The van der Waals surface area contributed by atoms with Gasteiger partial charge < -0.3 is 9.84 Å². The van der Waals surface area contributed by atoms with Gasteiger partial charge in [-0.05, 0) is 54.4 Å². The first-order chi connectivity index (χ1) is 9.06. The highest BCUT2D eigenvalue weighted by atomic mass is 16.5. The van der Waals surface area contributed by atoms with Crippen molar-refractivity contribution >= 4 is 5.97 Å². The van der Waals surface area contributed by atoms with E-state index in [2.05, 4.69) is 26.0 Å². The van der Waals surface area contributed by atoms with Crippen LogP contribution in [0.25, 0.3) is 0 Å². The summed E-state index contributed by atoms with van der Waals surface area (Å²) in [5.41, 5.74) is 2.64. The van der Waals surface area contributed by atoms with E-state index < -0.39 is 5.97 Å². The Morgan fingerprint density at radius 3 is 2.79 bits per heavy atom. The normalized spacial score (nSPS) is 22.9. The number of rotatable bonds is 6. The Morgan fingerprint density at radius 2 is 2.26 bits per heavy atom. The van der Waals surface area contributed by atoms with E-state index >= 15 is 0 Å². The molecular formula is C16H22O3. The zero-order chi connectivity index (χ0) is 14.0. The third-order valence-corrected chi connectivity index (χ3v) is 4.16. The summed E-state index contributed by atoms with van der Waals surface area (Å²) in [6.45, 7) is 4.33. The standard InChI is InChI=1S/C16H22O3/c1-4-11-8-13(19-3)5-6-14(11)10(2)7-12-9-15(12)16(17)18/h5-6,8,10,12,15H,4,7,9H2,1-3H3,(H,17,18). The van der Waals surface area contributed by atoms with Gasteiger partial charge in [-0.25, -0.2) is 0 Å². The van der Waals surface area contributed by atoms with Crippen molar-refractivity contribution < 1.29 is 14.6 Å². The maximum absolute atomic E-state index is 10.9. The van der Waals surface area contributed by atoms with Crippen LogP contribution in [0.3, 0.4) is 0 Å². The zero-order valence-corrected chi connectivity index (χ0v) is 11.8. The fraction of sp³-hybridized carbons (Fsp3) is 0.562. The summed E-state index contributed by atoms with van der Waals surface area (Å²) >= 11 is 0.